The smallest absolute Gasteiger partial charge is 0.133 e. The van der Waals surface area contributed by atoms with Crippen LogP contribution in [0.2, 0.25) is 0 Å². The molecule has 0 spiro atoms. The number of Topliss-reactive ketones (excluding diaryl/α,β-unsaturated/α-hetero) is 1. The van der Waals surface area contributed by atoms with E-state index in [0.29, 0.717) is 25.7 Å². The van der Waals surface area contributed by atoms with E-state index in [4.69, 9.17) is 4.74 Å². The van der Waals surface area contributed by atoms with Crippen molar-refractivity contribution in [2.75, 3.05) is 7.11 Å². The van der Waals surface area contributed by atoms with Crippen molar-refractivity contribution in [2.45, 2.75) is 45.1 Å². The first-order chi connectivity index (χ1) is 8.46. The molecule has 1 fully saturated rings. The van der Waals surface area contributed by atoms with Crippen LogP contribution in [0.3, 0.4) is 0 Å². The fourth-order valence-corrected chi connectivity index (χ4v) is 2.77. The maximum absolute atomic E-state index is 11.3. The molecule has 0 saturated heterocycles. The highest BCUT2D eigenvalue weighted by molar-refractivity contribution is 5.79. The minimum Gasteiger partial charge on any atom is -0.496 e. The van der Waals surface area contributed by atoms with E-state index < -0.39 is 5.60 Å². The lowest BCUT2D eigenvalue weighted by atomic mass is 9.78. The summed E-state index contributed by atoms with van der Waals surface area (Å²) in [6.45, 7) is 3.96. The van der Waals surface area contributed by atoms with Gasteiger partial charge in [0.25, 0.3) is 0 Å². The van der Waals surface area contributed by atoms with Gasteiger partial charge in [0.2, 0.25) is 0 Å². The minimum absolute atomic E-state index is 0.252. The Hall–Kier alpha value is -1.35. The molecule has 0 atom stereocenters. The molecule has 2 rings (SSSR count). The van der Waals surface area contributed by atoms with E-state index in [9.17, 15) is 9.90 Å². The highest BCUT2D eigenvalue weighted by Gasteiger charge is 2.34. The van der Waals surface area contributed by atoms with Gasteiger partial charge < -0.3 is 9.84 Å². The van der Waals surface area contributed by atoms with E-state index in [-0.39, 0.29) is 5.78 Å². The van der Waals surface area contributed by atoms with E-state index in [1.807, 2.05) is 26.0 Å². The Morgan fingerprint density at radius 2 is 1.67 bits per heavy atom. The Morgan fingerprint density at radius 1 is 1.17 bits per heavy atom. The normalized spacial score (nSPS) is 18.8. The van der Waals surface area contributed by atoms with Crippen molar-refractivity contribution in [2.24, 2.45) is 0 Å². The molecule has 1 saturated carbocycles. The fourth-order valence-electron chi connectivity index (χ4n) is 2.77. The van der Waals surface area contributed by atoms with Crippen LogP contribution in [0.1, 0.15) is 42.4 Å². The van der Waals surface area contributed by atoms with Crippen molar-refractivity contribution in [1.82, 2.24) is 0 Å². The van der Waals surface area contributed by atoms with E-state index in [0.717, 1.165) is 22.4 Å². The number of carbonyl (C=O) groups is 1. The van der Waals surface area contributed by atoms with Crippen LogP contribution in [-0.4, -0.2) is 18.0 Å². The molecule has 1 aliphatic rings. The summed E-state index contributed by atoms with van der Waals surface area (Å²) in [5, 5.41) is 10.7. The Balaban J connectivity index is 2.36. The van der Waals surface area contributed by atoms with Crippen LogP contribution in [0, 0.1) is 13.8 Å². The van der Waals surface area contributed by atoms with Crippen LogP contribution >= 0.6 is 0 Å². The third-order valence-electron chi connectivity index (χ3n) is 3.84. The molecule has 0 radical (unpaired) electrons. The first-order valence-corrected chi connectivity index (χ1v) is 6.36. The predicted octanol–water partition coefficient (Wildman–Crippen LogP) is 2.64. The summed E-state index contributed by atoms with van der Waals surface area (Å²) in [5.74, 6) is 1.12. The number of hydrogen-bond acceptors (Lipinski definition) is 3. The van der Waals surface area contributed by atoms with Crippen LogP contribution in [0.5, 0.6) is 5.75 Å². The zero-order chi connectivity index (χ0) is 13.3. The molecule has 0 aliphatic heterocycles. The second-order valence-electron chi connectivity index (χ2n) is 5.21. The van der Waals surface area contributed by atoms with Crippen molar-refractivity contribution < 1.29 is 14.6 Å². The zero-order valence-electron chi connectivity index (χ0n) is 11.2. The van der Waals surface area contributed by atoms with E-state index in [2.05, 4.69) is 0 Å². The molecule has 3 heteroatoms. The molecule has 0 aromatic heterocycles. The van der Waals surface area contributed by atoms with Crippen molar-refractivity contribution in [3.8, 4) is 5.75 Å². The van der Waals surface area contributed by atoms with Gasteiger partial charge in [-0.3, -0.25) is 4.79 Å². The van der Waals surface area contributed by atoms with Gasteiger partial charge in [0.05, 0.1) is 12.7 Å². The summed E-state index contributed by atoms with van der Waals surface area (Å²) in [5.41, 5.74) is 2.11. The summed E-state index contributed by atoms with van der Waals surface area (Å²) >= 11 is 0. The Bertz CT molecular complexity index is 444. The van der Waals surface area contributed by atoms with Gasteiger partial charge in [-0.2, -0.15) is 0 Å². The first-order valence-electron chi connectivity index (χ1n) is 6.36. The third kappa shape index (κ3) is 2.27. The number of rotatable bonds is 2. The van der Waals surface area contributed by atoms with Gasteiger partial charge in [-0.15, -0.1) is 0 Å². The molecule has 1 aliphatic carbocycles. The number of ether oxygens (including phenoxy) is 1. The van der Waals surface area contributed by atoms with Crippen molar-refractivity contribution in [3.63, 3.8) is 0 Å². The van der Waals surface area contributed by atoms with Crippen molar-refractivity contribution in [3.05, 3.63) is 28.8 Å². The number of methoxy groups -OCH3 is 1. The maximum Gasteiger partial charge on any atom is 0.133 e. The van der Waals surface area contributed by atoms with E-state index in [1.165, 1.54) is 0 Å². The Morgan fingerprint density at radius 3 is 2.11 bits per heavy atom. The molecule has 0 heterocycles. The second-order valence-corrected chi connectivity index (χ2v) is 5.21. The van der Waals surface area contributed by atoms with Crippen LogP contribution in [0.4, 0.5) is 0 Å². The van der Waals surface area contributed by atoms with Gasteiger partial charge in [-0.25, -0.2) is 0 Å². The quantitative estimate of drug-likeness (QED) is 0.875. The number of aliphatic hydroxyl groups is 1. The SMILES string of the molecule is COc1c(C)cc(C2(O)CCC(=O)CC2)cc1C. The van der Waals surface area contributed by atoms with E-state index >= 15 is 0 Å². The largest absolute Gasteiger partial charge is 0.496 e. The average Bonchev–Trinajstić information content (AvgIpc) is 2.33. The first kappa shape index (κ1) is 13.1. The lowest BCUT2D eigenvalue weighted by molar-refractivity contribution is -0.125. The number of aryl methyl sites for hydroxylation is 2. The number of ketones is 1. The zero-order valence-corrected chi connectivity index (χ0v) is 11.2. The molecule has 0 amide bonds. The van der Waals surface area contributed by atoms with Gasteiger partial charge in [-0.05, 0) is 55.5 Å². The fraction of sp³-hybridized carbons (Fsp3) is 0.533. The van der Waals surface area contributed by atoms with Crippen LogP contribution in [-0.2, 0) is 10.4 Å². The van der Waals surface area contributed by atoms with Crippen LogP contribution in [0.25, 0.3) is 0 Å². The molecule has 1 aromatic rings. The Labute approximate surface area is 108 Å². The summed E-state index contributed by atoms with van der Waals surface area (Å²) in [6, 6.07) is 3.95. The van der Waals surface area contributed by atoms with Crippen molar-refractivity contribution in [1.29, 1.82) is 0 Å². The van der Waals surface area contributed by atoms with Crippen LogP contribution < -0.4 is 4.74 Å². The second kappa shape index (κ2) is 4.73. The van der Waals surface area contributed by atoms with E-state index in [1.54, 1.807) is 7.11 Å². The highest BCUT2D eigenvalue weighted by atomic mass is 16.5. The summed E-state index contributed by atoms with van der Waals surface area (Å²) in [7, 11) is 1.66. The van der Waals surface area contributed by atoms with Gasteiger partial charge in [0, 0.05) is 12.8 Å². The molecule has 1 N–H and O–H groups in total. The molecule has 3 nitrogen and oxygen atoms in total. The summed E-state index contributed by atoms with van der Waals surface area (Å²) in [4.78, 5) is 11.3. The standard InChI is InChI=1S/C15H20O3/c1-10-8-12(9-11(2)14(10)18-3)15(17)6-4-13(16)5-7-15/h8-9,17H,4-7H2,1-3H3. The Kier molecular flexibility index (Phi) is 3.44. The minimum atomic E-state index is -0.851. The van der Waals surface area contributed by atoms with Crippen LogP contribution in [0.15, 0.2) is 12.1 Å². The molecule has 0 unspecified atom stereocenters. The number of carbonyl (C=O) groups excluding carboxylic acids is 1. The topological polar surface area (TPSA) is 46.5 Å². The average molecular weight is 248 g/mol. The molecule has 0 bridgehead atoms. The molecule has 18 heavy (non-hydrogen) atoms. The lowest BCUT2D eigenvalue weighted by Crippen LogP contribution is -2.31. The third-order valence-corrected chi connectivity index (χ3v) is 3.84. The molecule has 1 aromatic carbocycles. The highest BCUT2D eigenvalue weighted by Crippen LogP contribution is 2.38. The van der Waals surface area contributed by atoms with Gasteiger partial charge in [-0.1, -0.05) is 0 Å². The molecular formula is C15H20O3. The summed E-state index contributed by atoms with van der Waals surface area (Å²) < 4.78 is 5.33. The maximum atomic E-state index is 11.3. The number of hydrogen-bond donors (Lipinski definition) is 1. The predicted molar refractivity (Wildman–Crippen MR) is 69.8 cm³/mol. The van der Waals surface area contributed by atoms with Gasteiger partial charge in [0.15, 0.2) is 0 Å². The van der Waals surface area contributed by atoms with Gasteiger partial charge >= 0.3 is 0 Å². The van der Waals surface area contributed by atoms with Crippen molar-refractivity contribution >= 4 is 5.78 Å². The molecular weight excluding hydrogens is 228 g/mol. The summed E-state index contributed by atoms with van der Waals surface area (Å²) in [6.07, 6.45) is 2.00. The van der Waals surface area contributed by atoms with Gasteiger partial charge in [0.1, 0.15) is 11.5 Å². The monoisotopic (exact) mass is 248 g/mol. The lowest BCUT2D eigenvalue weighted by Gasteiger charge is -2.32. The number of benzene rings is 1. The molecule has 98 valence electrons.